The van der Waals surface area contributed by atoms with Gasteiger partial charge in [0.15, 0.2) is 0 Å². The van der Waals surface area contributed by atoms with Crippen molar-refractivity contribution in [2.45, 2.75) is 6.92 Å². The van der Waals surface area contributed by atoms with Crippen LogP contribution in [0.25, 0.3) is 11.1 Å². The lowest BCUT2D eigenvalue weighted by Crippen LogP contribution is -2.04. The van der Waals surface area contributed by atoms with Crippen LogP contribution in [0.4, 0.5) is 0 Å². The van der Waals surface area contributed by atoms with Gasteiger partial charge >= 0.3 is 5.97 Å². The molecule has 0 fully saturated rings. The second-order valence-electron chi connectivity index (χ2n) is 3.62. The SMILES string of the molecule is COC(=O)c1cc(-c2cccnc2)c(C)cn1. The average Bonchev–Trinajstić information content (AvgIpc) is 2.39. The van der Waals surface area contributed by atoms with Crippen LogP contribution < -0.4 is 0 Å². The third-order valence-corrected chi connectivity index (χ3v) is 2.47. The van der Waals surface area contributed by atoms with Gasteiger partial charge in [-0.2, -0.15) is 0 Å². The van der Waals surface area contributed by atoms with Crippen LogP contribution >= 0.6 is 0 Å². The maximum atomic E-state index is 11.4. The van der Waals surface area contributed by atoms with Crippen molar-refractivity contribution in [3.05, 3.63) is 48.0 Å². The minimum atomic E-state index is -0.435. The zero-order valence-corrected chi connectivity index (χ0v) is 9.68. The van der Waals surface area contributed by atoms with Gasteiger partial charge in [-0.1, -0.05) is 6.07 Å². The Morgan fingerprint density at radius 2 is 2.18 bits per heavy atom. The molecule has 0 aliphatic carbocycles. The first-order valence-corrected chi connectivity index (χ1v) is 5.17. The molecule has 86 valence electrons. The van der Waals surface area contributed by atoms with E-state index in [1.54, 1.807) is 24.7 Å². The van der Waals surface area contributed by atoms with E-state index in [-0.39, 0.29) is 0 Å². The van der Waals surface area contributed by atoms with Gasteiger partial charge in [0.1, 0.15) is 5.69 Å². The summed E-state index contributed by atoms with van der Waals surface area (Å²) in [6.07, 6.45) is 5.12. The Hall–Kier alpha value is -2.23. The number of nitrogens with zero attached hydrogens (tertiary/aromatic N) is 2. The fourth-order valence-corrected chi connectivity index (χ4v) is 1.57. The Morgan fingerprint density at radius 3 is 2.82 bits per heavy atom. The number of esters is 1. The van der Waals surface area contributed by atoms with Gasteiger partial charge in [0.25, 0.3) is 0 Å². The fraction of sp³-hybridized carbons (Fsp3) is 0.154. The Kier molecular flexibility index (Phi) is 3.14. The molecular formula is C13H12N2O2. The highest BCUT2D eigenvalue weighted by Crippen LogP contribution is 2.22. The van der Waals surface area contributed by atoms with Gasteiger partial charge in [0, 0.05) is 24.2 Å². The highest BCUT2D eigenvalue weighted by Gasteiger charge is 2.10. The second-order valence-corrected chi connectivity index (χ2v) is 3.62. The molecule has 2 aromatic heterocycles. The molecule has 0 aliphatic heterocycles. The summed E-state index contributed by atoms with van der Waals surface area (Å²) in [5.41, 5.74) is 3.19. The van der Waals surface area contributed by atoms with Crippen molar-refractivity contribution < 1.29 is 9.53 Å². The molecule has 0 spiro atoms. The van der Waals surface area contributed by atoms with Crippen LogP contribution in [0.2, 0.25) is 0 Å². The molecule has 0 saturated carbocycles. The number of hydrogen-bond acceptors (Lipinski definition) is 4. The van der Waals surface area contributed by atoms with Crippen LogP contribution in [0, 0.1) is 6.92 Å². The van der Waals surface area contributed by atoms with Crippen molar-refractivity contribution >= 4 is 5.97 Å². The van der Waals surface area contributed by atoms with Crippen molar-refractivity contribution in [3.8, 4) is 11.1 Å². The van der Waals surface area contributed by atoms with E-state index < -0.39 is 5.97 Å². The molecule has 2 aromatic rings. The van der Waals surface area contributed by atoms with Gasteiger partial charge in [0.2, 0.25) is 0 Å². The van der Waals surface area contributed by atoms with E-state index in [1.807, 2.05) is 19.1 Å². The monoisotopic (exact) mass is 228 g/mol. The Balaban J connectivity index is 2.50. The maximum Gasteiger partial charge on any atom is 0.356 e. The molecule has 0 bridgehead atoms. The van der Waals surface area contributed by atoms with Gasteiger partial charge in [-0.25, -0.2) is 9.78 Å². The predicted molar refractivity (Wildman–Crippen MR) is 63.5 cm³/mol. The molecule has 0 atom stereocenters. The number of carbonyl (C=O) groups excluding carboxylic acids is 1. The van der Waals surface area contributed by atoms with E-state index in [4.69, 9.17) is 0 Å². The zero-order valence-electron chi connectivity index (χ0n) is 9.68. The maximum absolute atomic E-state index is 11.4. The molecule has 2 heterocycles. The van der Waals surface area contributed by atoms with Crippen LogP contribution in [0.1, 0.15) is 16.1 Å². The molecule has 0 N–H and O–H groups in total. The van der Waals surface area contributed by atoms with Crippen molar-refractivity contribution in [1.29, 1.82) is 0 Å². The number of aromatic nitrogens is 2. The largest absolute Gasteiger partial charge is 0.464 e. The van der Waals surface area contributed by atoms with Gasteiger partial charge in [0.05, 0.1) is 7.11 Å². The number of ether oxygens (including phenoxy) is 1. The van der Waals surface area contributed by atoms with E-state index in [0.29, 0.717) is 5.69 Å². The summed E-state index contributed by atoms with van der Waals surface area (Å²) in [6, 6.07) is 5.52. The standard InChI is InChI=1S/C13H12N2O2/c1-9-7-15-12(13(16)17-2)6-11(9)10-4-3-5-14-8-10/h3-8H,1-2H3. The van der Waals surface area contributed by atoms with Gasteiger partial charge < -0.3 is 4.74 Å². The third kappa shape index (κ3) is 2.30. The summed E-state index contributed by atoms with van der Waals surface area (Å²) < 4.78 is 4.65. The smallest absolute Gasteiger partial charge is 0.356 e. The molecule has 0 radical (unpaired) electrons. The molecule has 0 aliphatic rings. The topological polar surface area (TPSA) is 52.1 Å². The number of pyridine rings is 2. The first-order chi connectivity index (χ1) is 8.22. The van der Waals surface area contributed by atoms with Crippen molar-refractivity contribution in [2.24, 2.45) is 0 Å². The molecule has 4 nitrogen and oxygen atoms in total. The van der Waals surface area contributed by atoms with Gasteiger partial charge in [-0.05, 0) is 30.2 Å². The lowest BCUT2D eigenvalue weighted by Gasteiger charge is -2.06. The summed E-state index contributed by atoms with van der Waals surface area (Å²) in [6.45, 7) is 1.94. The fourth-order valence-electron chi connectivity index (χ4n) is 1.57. The molecule has 0 aromatic carbocycles. The molecule has 17 heavy (non-hydrogen) atoms. The number of methoxy groups -OCH3 is 1. The van der Waals surface area contributed by atoms with E-state index in [9.17, 15) is 4.79 Å². The van der Waals surface area contributed by atoms with Crippen molar-refractivity contribution in [3.63, 3.8) is 0 Å². The van der Waals surface area contributed by atoms with Crippen LogP contribution in [-0.4, -0.2) is 23.0 Å². The minimum absolute atomic E-state index is 0.303. The number of rotatable bonds is 2. The van der Waals surface area contributed by atoms with E-state index in [1.165, 1.54) is 7.11 Å². The summed E-state index contributed by atoms with van der Waals surface area (Å²) in [4.78, 5) is 19.5. The van der Waals surface area contributed by atoms with Crippen LogP contribution in [0.15, 0.2) is 36.8 Å². The molecule has 0 saturated heterocycles. The lowest BCUT2D eigenvalue weighted by atomic mass is 10.0. The van der Waals surface area contributed by atoms with E-state index in [2.05, 4.69) is 14.7 Å². The number of carbonyl (C=O) groups is 1. The lowest BCUT2D eigenvalue weighted by molar-refractivity contribution is 0.0594. The predicted octanol–water partition coefficient (Wildman–Crippen LogP) is 2.24. The average molecular weight is 228 g/mol. The summed E-state index contributed by atoms with van der Waals surface area (Å²) in [7, 11) is 1.34. The quantitative estimate of drug-likeness (QED) is 0.740. The zero-order chi connectivity index (χ0) is 12.3. The van der Waals surface area contributed by atoms with Gasteiger partial charge in [-0.15, -0.1) is 0 Å². The second kappa shape index (κ2) is 4.74. The summed E-state index contributed by atoms with van der Waals surface area (Å²) >= 11 is 0. The molecule has 0 unspecified atom stereocenters. The molecule has 4 heteroatoms. The van der Waals surface area contributed by atoms with Crippen molar-refractivity contribution in [1.82, 2.24) is 9.97 Å². The molecular weight excluding hydrogens is 216 g/mol. The van der Waals surface area contributed by atoms with E-state index >= 15 is 0 Å². The highest BCUT2D eigenvalue weighted by atomic mass is 16.5. The first kappa shape index (κ1) is 11.3. The number of aryl methyl sites for hydroxylation is 1. The summed E-state index contributed by atoms with van der Waals surface area (Å²) in [5.74, 6) is -0.435. The third-order valence-electron chi connectivity index (χ3n) is 2.47. The van der Waals surface area contributed by atoms with Gasteiger partial charge in [-0.3, -0.25) is 4.98 Å². The molecule has 0 amide bonds. The van der Waals surface area contributed by atoms with E-state index in [0.717, 1.165) is 16.7 Å². The van der Waals surface area contributed by atoms with Crippen LogP contribution in [-0.2, 0) is 4.74 Å². The normalized spacial score (nSPS) is 10.0. The first-order valence-electron chi connectivity index (χ1n) is 5.17. The van der Waals surface area contributed by atoms with Crippen LogP contribution in [0.5, 0.6) is 0 Å². The Morgan fingerprint density at radius 1 is 1.35 bits per heavy atom. The summed E-state index contributed by atoms with van der Waals surface area (Å²) in [5, 5.41) is 0. The van der Waals surface area contributed by atoms with Crippen molar-refractivity contribution in [2.75, 3.05) is 7.11 Å². The molecule has 2 rings (SSSR count). The minimum Gasteiger partial charge on any atom is -0.464 e. The Labute approximate surface area is 99.3 Å². The Bertz CT molecular complexity index is 538. The van der Waals surface area contributed by atoms with Crippen LogP contribution in [0.3, 0.4) is 0 Å². The highest BCUT2D eigenvalue weighted by molar-refractivity contribution is 5.89. The number of hydrogen-bond donors (Lipinski definition) is 0.